The molecule has 0 fully saturated rings. The zero-order chi connectivity index (χ0) is 3.58. The van der Waals surface area contributed by atoms with E-state index >= 15 is 0 Å². The number of halogens is 1. The van der Waals surface area contributed by atoms with Gasteiger partial charge in [0.1, 0.15) is 0 Å². The molecule has 0 unspecified atom stereocenters. The fourth-order valence-corrected chi connectivity index (χ4v) is 0. The first-order valence-electron chi connectivity index (χ1n) is 0.752. The van der Waals surface area contributed by atoms with E-state index in [9.17, 15) is 0 Å². The molecule has 7 heavy (non-hydrogen) atoms. The molecule has 0 aromatic heterocycles. The summed E-state index contributed by atoms with van der Waals surface area (Å²) < 4.78 is 0. The van der Waals surface area contributed by atoms with Gasteiger partial charge in [0.2, 0.25) is 0 Å². The van der Waals surface area contributed by atoms with Gasteiger partial charge in [-0.2, -0.15) is 0 Å². The van der Waals surface area contributed by atoms with Gasteiger partial charge in [0.15, 0.2) is 0 Å². The Kier molecular flexibility index (Phi) is 52.4. The minimum atomic E-state index is -2.42. The van der Waals surface area contributed by atoms with E-state index in [-0.39, 0.29) is 54.7 Å². The van der Waals surface area contributed by atoms with Crippen molar-refractivity contribution in [1.82, 2.24) is 0 Å². The molecule has 0 amide bonds. The van der Waals surface area contributed by atoms with Crippen LogP contribution in [0.3, 0.4) is 0 Å². The van der Waals surface area contributed by atoms with Crippen LogP contribution in [0.25, 0.3) is 0 Å². The second-order valence-electron chi connectivity index (χ2n) is 0.326. The van der Waals surface area contributed by atoms with Crippen LogP contribution >= 0.6 is 0 Å². The van der Waals surface area contributed by atoms with Crippen LogP contribution in [0.15, 0.2) is 0 Å². The van der Waals surface area contributed by atoms with Crippen molar-refractivity contribution < 1.29 is 69.8 Å². The van der Waals surface area contributed by atoms with Crippen LogP contribution in [0.1, 0.15) is 0 Å². The van der Waals surface area contributed by atoms with Gasteiger partial charge in [0.25, 0.3) is 0 Å². The van der Waals surface area contributed by atoms with E-state index in [0.717, 1.165) is 0 Å². The van der Waals surface area contributed by atoms with Crippen LogP contribution in [0, 0.1) is 0 Å². The standard InChI is InChI=1S/BH2O3.BrH.2Li/c2-1(3)4;;;/h2-3H;1H;;/q-1;;2*+1/p-1. The Morgan fingerprint density at radius 3 is 1.14 bits per heavy atom. The Morgan fingerprint density at radius 1 is 1.14 bits per heavy atom. The second-order valence-corrected chi connectivity index (χ2v) is 0.326. The molecular formula is H2BBrLi2O3. The van der Waals surface area contributed by atoms with E-state index in [0.29, 0.717) is 0 Å². The van der Waals surface area contributed by atoms with Crippen LogP contribution in [0.5, 0.6) is 0 Å². The average Bonchev–Trinajstić information content (AvgIpc) is 0.811. The summed E-state index contributed by atoms with van der Waals surface area (Å²) in [5.41, 5.74) is 0. The molecule has 0 aromatic carbocycles. The quantitative estimate of drug-likeness (QED) is 0.341. The molecule has 0 radical (unpaired) electrons. The smallest absolute Gasteiger partial charge is 1.00 e. The van der Waals surface area contributed by atoms with E-state index in [1.807, 2.05) is 0 Å². The summed E-state index contributed by atoms with van der Waals surface area (Å²) >= 11 is 0. The molecule has 32 valence electrons. The van der Waals surface area contributed by atoms with Gasteiger partial charge in [-0.05, 0) is 0 Å². The Hall–Kier alpha value is 1.62. The molecule has 0 bridgehead atoms. The molecule has 0 saturated heterocycles. The van der Waals surface area contributed by atoms with E-state index in [2.05, 4.69) is 0 Å². The summed E-state index contributed by atoms with van der Waals surface area (Å²) in [4.78, 5) is 0. The molecule has 0 heterocycles. The Balaban J connectivity index is -0.0000000150. The van der Waals surface area contributed by atoms with Crippen LogP contribution in [0.2, 0.25) is 0 Å². The van der Waals surface area contributed by atoms with Gasteiger partial charge in [0.05, 0.1) is 0 Å². The fraction of sp³-hybridized carbons (Fsp3) is 0. The van der Waals surface area contributed by atoms with E-state index < -0.39 is 7.32 Å². The summed E-state index contributed by atoms with van der Waals surface area (Å²) in [6, 6.07) is 0. The third-order valence-corrected chi connectivity index (χ3v) is 0. The minimum absolute atomic E-state index is 0. The van der Waals surface area contributed by atoms with Crippen molar-refractivity contribution >= 4 is 7.32 Å². The zero-order valence-electron chi connectivity index (χ0n) is 4.26. The Morgan fingerprint density at radius 2 is 1.14 bits per heavy atom. The van der Waals surface area contributed by atoms with E-state index in [4.69, 9.17) is 15.1 Å². The first-order valence-corrected chi connectivity index (χ1v) is 0.752. The molecule has 0 aliphatic carbocycles. The van der Waals surface area contributed by atoms with Gasteiger partial charge in [-0.1, -0.05) is 0 Å². The SMILES string of the molecule is [Br-].[Li+].[Li+].[O-]B(O)O. The summed E-state index contributed by atoms with van der Waals surface area (Å²) in [6.07, 6.45) is 0. The van der Waals surface area contributed by atoms with Gasteiger partial charge in [-0.15, -0.1) is 0 Å². The average molecular weight is 155 g/mol. The molecule has 0 aromatic rings. The molecule has 0 atom stereocenters. The first kappa shape index (κ1) is 23.4. The van der Waals surface area contributed by atoms with Crippen LogP contribution in [-0.2, 0) is 0 Å². The Labute approximate surface area is 76.8 Å². The van der Waals surface area contributed by atoms with Gasteiger partial charge in [-0.3, -0.25) is 0 Å². The number of hydrogen-bond acceptors (Lipinski definition) is 3. The number of rotatable bonds is 0. The second kappa shape index (κ2) is 15.6. The normalized spacial score (nSPS) is 3.86. The molecule has 0 aliphatic heterocycles. The third kappa shape index (κ3) is 91.7. The fourth-order valence-electron chi connectivity index (χ4n) is 0. The van der Waals surface area contributed by atoms with E-state index in [1.165, 1.54) is 0 Å². The van der Waals surface area contributed by atoms with Crippen molar-refractivity contribution in [2.75, 3.05) is 0 Å². The van der Waals surface area contributed by atoms with Gasteiger partial charge >= 0.3 is 45.0 Å². The summed E-state index contributed by atoms with van der Waals surface area (Å²) in [5, 5.41) is 22.8. The maximum atomic E-state index is 8.64. The van der Waals surface area contributed by atoms with Crippen molar-refractivity contribution in [2.45, 2.75) is 0 Å². The maximum Gasteiger partial charge on any atom is 1.00 e. The maximum absolute atomic E-state index is 8.64. The molecule has 0 rings (SSSR count). The monoisotopic (exact) mass is 154 g/mol. The molecule has 3 nitrogen and oxygen atoms in total. The predicted molar refractivity (Wildman–Crippen MR) is 10.2 cm³/mol. The van der Waals surface area contributed by atoms with Gasteiger partial charge in [0, 0.05) is 0 Å². The molecule has 0 spiro atoms. The van der Waals surface area contributed by atoms with Crippen LogP contribution in [-0.4, -0.2) is 17.4 Å². The third-order valence-electron chi connectivity index (χ3n) is 0. The zero-order valence-corrected chi connectivity index (χ0v) is 5.84. The van der Waals surface area contributed by atoms with Crippen molar-refractivity contribution in [2.24, 2.45) is 0 Å². The summed E-state index contributed by atoms with van der Waals surface area (Å²) in [6.45, 7) is 0. The van der Waals surface area contributed by atoms with E-state index in [1.54, 1.807) is 0 Å². The van der Waals surface area contributed by atoms with Crippen molar-refractivity contribution in [3.8, 4) is 0 Å². The van der Waals surface area contributed by atoms with Crippen molar-refractivity contribution in [1.29, 1.82) is 0 Å². The van der Waals surface area contributed by atoms with Crippen LogP contribution in [0.4, 0.5) is 0 Å². The topological polar surface area (TPSA) is 63.5 Å². The van der Waals surface area contributed by atoms with Crippen molar-refractivity contribution in [3.05, 3.63) is 0 Å². The molecule has 0 saturated carbocycles. The molecular weight excluding hydrogens is 153 g/mol. The molecule has 7 heteroatoms. The molecule has 0 aliphatic rings. The largest absolute Gasteiger partial charge is 1.00 e. The predicted octanol–water partition coefficient (Wildman–Crippen LogP) is -11.7. The van der Waals surface area contributed by atoms with Crippen LogP contribution < -0.4 is 59.7 Å². The molecule has 2 N–H and O–H groups in total. The Bertz CT molecular complexity index is 17.7. The van der Waals surface area contributed by atoms with Crippen molar-refractivity contribution in [3.63, 3.8) is 0 Å². The van der Waals surface area contributed by atoms with Gasteiger partial charge in [-0.25, -0.2) is 0 Å². The summed E-state index contributed by atoms with van der Waals surface area (Å²) in [7, 11) is -2.42. The first-order chi connectivity index (χ1) is 1.73. The van der Waals surface area contributed by atoms with Gasteiger partial charge < -0.3 is 32.1 Å². The number of hydrogen-bond donors (Lipinski definition) is 2. The summed E-state index contributed by atoms with van der Waals surface area (Å²) in [5.74, 6) is 0. The minimum Gasteiger partial charge on any atom is -1.00 e.